The second-order valence-corrected chi connectivity index (χ2v) is 9.00. The van der Waals surface area contributed by atoms with Gasteiger partial charge < -0.3 is 9.47 Å². The third kappa shape index (κ3) is 4.76. The minimum atomic E-state index is 0.730. The van der Waals surface area contributed by atoms with E-state index >= 15 is 0 Å². The fourth-order valence-corrected chi connectivity index (χ4v) is 5.24. The minimum absolute atomic E-state index is 0.730. The van der Waals surface area contributed by atoms with Crippen LogP contribution in [-0.4, -0.2) is 31.1 Å². The zero-order valence-electron chi connectivity index (χ0n) is 17.6. The van der Waals surface area contributed by atoms with Crippen molar-refractivity contribution in [3.8, 4) is 27.7 Å². The van der Waals surface area contributed by atoms with Crippen molar-refractivity contribution in [2.24, 2.45) is 0 Å². The first kappa shape index (κ1) is 20.1. The molecule has 0 unspecified atom stereocenters. The second-order valence-electron chi connectivity index (χ2n) is 7.95. The lowest BCUT2D eigenvalue weighted by Crippen LogP contribution is -2.33. The van der Waals surface area contributed by atoms with Gasteiger partial charge in [0.15, 0.2) is 5.75 Å². The Kier molecular flexibility index (Phi) is 6.19. The van der Waals surface area contributed by atoms with Gasteiger partial charge in [0, 0.05) is 16.6 Å². The van der Waals surface area contributed by atoms with Crippen molar-refractivity contribution in [1.82, 2.24) is 4.90 Å². The van der Waals surface area contributed by atoms with E-state index in [-0.39, 0.29) is 0 Å². The van der Waals surface area contributed by atoms with Gasteiger partial charge in [0.05, 0.1) is 4.88 Å². The summed E-state index contributed by atoms with van der Waals surface area (Å²) in [6, 6.07) is 26.9. The number of thiophene rings is 1. The molecule has 3 nitrogen and oxygen atoms in total. The van der Waals surface area contributed by atoms with E-state index in [0.29, 0.717) is 0 Å². The van der Waals surface area contributed by atoms with Crippen LogP contribution in [0.3, 0.4) is 0 Å². The molecular formula is C27H27NO2S. The zero-order valence-corrected chi connectivity index (χ0v) is 18.4. The Bertz CT molecular complexity index is 1120. The number of rotatable bonds is 7. The van der Waals surface area contributed by atoms with Crippen LogP contribution in [0.5, 0.6) is 17.2 Å². The number of hydrogen-bond acceptors (Lipinski definition) is 4. The first-order valence-corrected chi connectivity index (χ1v) is 11.9. The average molecular weight is 430 g/mol. The second kappa shape index (κ2) is 9.54. The topological polar surface area (TPSA) is 21.7 Å². The molecule has 0 atom stereocenters. The van der Waals surface area contributed by atoms with E-state index in [1.807, 2.05) is 30.3 Å². The number of likely N-dealkylation sites (tertiary alicyclic amines) is 1. The molecule has 1 aromatic heterocycles. The highest BCUT2D eigenvalue weighted by Crippen LogP contribution is 2.46. The van der Waals surface area contributed by atoms with Crippen LogP contribution in [0.1, 0.15) is 19.3 Å². The summed E-state index contributed by atoms with van der Waals surface area (Å²) < 4.78 is 13.6. The van der Waals surface area contributed by atoms with Gasteiger partial charge in [-0.15, -0.1) is 11.3 Å². The molecule has 31 heavy (non-hydrogen) atoms. The predicted molar refractivity (Wildman–Crippen MR) is 130 cm³/mol. The highest BCUT2D eigenvalue weighted by atomic mass is 32.1. The standard InChI is InChI=1S/C27H27NO2S/c1-3-9-21(10-4-1)27-26(24-11-5-6-12-25(24)31-27)30-23-15-13-22(14-16-23)29-20-19-28-17-7-2-8-18-28/h1,3-6,9-16H,2,7-8,17-20H2. The fraction of sp³-hybridized carbons (Fsp3) is 0.259. The Morgan fingerprint density at radius 3 is 2.26 bits per heavy atom. The highest BCUT2D eigenvalue weighted by molar-refractivity contribution is 7.22. The molecule has 5 rings (SSSR count). The average Bonchev–Trinajstić information content (AvgIpc) is 3.20. The van der Waals surface area contributed by atoms with Gasteiger partial charge in [0.1, 0.15) is 18.1 Å². The lowest BCUT2D eigenvalue weighted by Gasteiger charge is -2.26. The van der Waals surface area contributed by atoms with Crippen LogP contribution in [0.4, 0.5) is 0 Å². The Balaban J connectivity index is 1.30. The summed E-state index contributed by atoms with van der Waals surface area (Å²) in [6.07, 6.45) is 3.99. The van der Waals surface area contributed by atoms with E-state index < -0.39 is 0 Å². The molecule has 2 heterocycles. The molecule has 0 aliphatic carbocycles. The van der Waals surface area contributed by atoms with Crippen LogP contribution < -0.4 is 9.47 Å². The third-order valence-electron chi connectivity index (χ3n) is 5.75. The molecule has 0 radical (unpaired) electrons. The number of piperidine rings is 1. The van der Waals surface area contributed by atoms with E-state index in [9.17, 15) is 0 Å². The van der Waals surface area contributed by atoms with Gasteiger partial charge in [0.2, 0.25) is 0 Å². The number of ether oxygens (including phenoxy) is 2. The molecule has 0 amide bonds. The van der Waals surface area contributed by atoms with Crippen molar-refractivity contribution in [3.63, 3.8) is 0 Å². The lowest BCUT2D eigenvalue weighted by molar-refractivity contribution is 0.183. The van der Waals surface area contributed by atoms with Crippen LogP contribution in [-0.2, 0) is 0 Å². The molecule has 1 saturated heterocycles. The molecule has 1 aliphatic rings. The molecule has 0 N–H and O–H groups in total. The van der Waals surface area contributed by atoms with E-state index in [1.165, 1.54) is 42.6 Å². The maximum Gasteiger partial charge on any atom is 0.153 e. The van der Waals surface area contributed by atoms with Gasteiger partial charge in [-0.1, -0.05) is 48.9 Å². The monoisotopic (exact) mass is 429 g/mol. The van der Waals surface area contributed by atoms with Gasteiger partial charge in [-0.05, 0) is 67.9 Å². The van der Waals surface area contributed by atoms with Crippen molar-refractivity contribution in [1.29, 1.82) is 0 Å². The zero-order chi connectivity index (χ0) is 20.9. The maximum atomic E-state index is 6.42. The van der Waals surface area contributed by atoms with Crippen molar-refractivity contribution in [3.05, 3.63) is 78.9 Å². The van der Waals surface area contributed by atoms with Crippen molar-refractivity contribution >= 4 is 21.4 Å². The Hall–Kier alpha value is -2.82. The van der Waals surface area contributed by atoms with Crippen molar-refractivity contribution in [2.75, 3.05) is 26.2 Å². The molecular weight excluding hydrogens is 402 g/mol. The normalized spacial score (nSPS) is 14.6. The molecule has 1 aliphatic heterocycles. The molecule has 4 heteroatoms. The van der Waals surface area contributed by atoms with Crippen LogP contribution in [0, 0.1) is 0 Å². The van der Waals surface area contributed by atoms with Gasteiger partial charge in [-0.25, -0.2) is 0 Å². The molecule has 0 saturated carbocycles. The summed E-state index contributed by atoms with van der Waals surface area (Å²) in [5.41, 5.74) is 1.18. The van der Waals surface area contributed by atoms with E-state index in [1.54, 1.807) is 11.3 Å². The minimum Gasteiger partial charge on any atom is -0.492 e. The Morgan fingerprint density at radius 1 is 0.742 bits per heavy atom. The number of fused-ring (bicyclic) bond motifs is 1. The van der Waals surface area contributed by atoms with Crippen molar-refractivity contribution in [2.45, 2.75) is 19.3 Å². The highest BCUT2D eigenvalue weighted by Gasteiger charge is 2.16. The summed E-state index contributed by atoms with van der Waals surface area (Å²) in [5.74, 6) is 2.64. The largest absolute Gasteiger partial charge is 0.492 e. The van der Waals surface area contributed by atoms with Crippen molar-refractivity contribution < 1.29 is 9.47 Å². The Morgan fingerprint density at radius 2 is 1.45 bits per heavy atom. The number of benzene rings is 3. The summed E-state index contributed by atoms with van der Waals surface area (Å²) in [6.45, 7) is 4.13. The quantitative estimate of drug-likeness (QED) is 0.309. The smallest absolute Gasteiger partial charge is 0.153 e. The molecule has 3 aromatic carbocycles. The van der Waals surface area contributed by atoms with Crippen LogP contribution >= 0.6 is 11.3 Å². The number of hydrogen-bond donors (Lipinski definition) is 0. The Labute approximate surface area is 187 Å². The summed E-state index contributed by atoms with van der Waals surface area (Å²) in [4.78, 5) is 3.65. The van der Waals surface area contributed by atoms with E-state index in [4.69, 9.17) is 9.47 Å². The fourth-order valence-electron chi connectivity index (χ4n) is 4.10. The molecule has 1 fully saturated rings. The summed E-state index contributed by atoms with van der Waals surface area (Å²) in [5, 5.41) is 1.15. The van der Waals surface area contributed by atoms with Crippen LogP contribution in [0.2, 0.25) is 0 Å². The summed E-state index contributed by atoms with van der Waals surface area (Å²) >= 11 is 1.77. The summed E-state index contributed by atoms with van der Waals surface area (Å²) in [7, 11) is 0. The van der Waals surface area contributed by atoms with Gasteiger partial charge in [-0.3, -0.25) is 4.90 Å². The first-order valence-electron chi connectivity index (χ1n) is 11.1. The first-order chi connectivity index (χ1) is 15.4. The maximum absolute atomic E-state index is 6.42. The molecule has 158 valence electrons. The van der Waals surface area contributed by atoms with Crippen LogP contribution in [0.15, 0.2) is 78.9 Å². The van der Waals surface area contributed by atoms with Gasteiger partial charge in [0.25, 0.3) is 0 Å². The van der Waals surface area contributed by atoms with E-state index in [0.717, 1.165) is 40.7 Å². The molecule has 0 bridgehead atoms. The SMILES string of the molecule is c1ccc(-c2sc3ccccc3c2Oc2ccc(OCCN3CCCCC3)cc2)cc1. The molecule has 4 aromatic rings. The van der Waals surface area contributed by atoms with Crippen LogP contribution in [0.25, 0.3) is 20.5 Å². The van der Waals surface area contributed by atoms with Gasteiger partial charge in [-0.2, -0.15) is 0 Å². The third-order valence-corrected chi connectivity index (χ3v) is 6.96. The van der Waals surface area contributed by atoms with E-state index in [2.05, 4.69) is 53.4 Å². The predicted octanol–water partition coefficient (Wildman–Crippen LogP) is 7.23. The lowest BCUT2D eigenvalue weighted by atomic mass is 10.1. The number of nitrogens with zero attached hydrogens (tertiary/aromatic N) is 1. The molecule has 0 spiro atoms. The van der Waals surface area contributed by atoms with Gasteiger partial charge >= 0.3 is 0 Å².